The summed E-state index contributed by atoms with van der Waals surface area (Å²) < 4.78 is 1.10. The Labute approximate surface area is 110 Å². The summed E-state index contributed by atoms with van der Waals surface area (Å²) >= 11 is 1.59. The first-order valence-electron chi connectivity index (χ1n) is 6.22. The number of rotatable bonds is 1. The van der Waals surface area contributed by atoms with Crippen LogP contribution in [0.4, 0.5) is 10.5 Å². The molecular formula is C13H15N3OS. The number of aromatic nitrogens is 1. The summed E-state index contributed by atoms with van der Waals surface area (Å²) in [5.41, 5.74) is 3.65. The lowest BCUT2D eigenvalue weighted by Gasteiger charge is -2.26. The maximum absolute atomic E-state index is 12.0. The van der Waals surface area contributed by atoms with Gasteiger partial charge >= 0.3 is 6.03 Å². The molecule has 5 heteroatoms. The number of nitrogens with one attached hydrogen (secondary N) is 1. The summed E-state index contributed by atoms with van der Waals surface area (Å²) in [6.07, 6.45) is 3.46. The summed E-state index contributed by atoms with van der Waals surface area (Å²) in [7, 11) is 0. The molecule has 94 valence electrons. The molecule has 0 aliphatic carbocycles. The van der Waals surface area contributed by atoms with Gasteiger partial charge in [0.1, 0.15) is 0 Å². The van der Waals surface area contributed by atoms with Crippen molar-refractivity contribution < 1.29 is 4.79 Å². The molecule has 18 heavy (non-hydrogen) atoms. The zero-order chi connectivity index (χ0) is 12.4. The van der Waals surface area contributed by atoms with Crippen LogP contribution in [0.25, 0.3) is 10.2 Å². The highest BCUT2D eigenvalue weighted by atomic mass is 32.1. The van der Waals surface area contributed by atoms with Gasteiger partial charge in [-0.1, -0.05) is 0 Å². The van der Waals surface area contributed by atoms with Crippen molar-refractivity contribution in [1.29, 1.82) is 0 Å². The number of urea groups is 1. The largest absolute Gasteiger partial charge is 0.325 e. The molecule has 4 nitrogen and oxygen atoms in total. The highest BCUT2D eigenvalue weighted by Crippen LogP contribution is 2.22. The lowest BCUT2D eigenvalue weighted by atomic mass is 10.1. The normalized spacial score (nSPS) is 15.9. The van der Waals surface area contributed by atoms with E-state index in [2.05, 4.69) is 10.3 Å². The number of carbonyl (C=O) groups excluding carboxylic acids is 1. The van der Waals surface area contributed by atoms with E-state index in [0.29, 0.717) is 0 Å². The number of hydrogen-bond acceptors (Lipinski definition) is 3. The average Bonchev–Trinajstić information content (AvgIpc) is 2.87. The van der Waals surface area contributed by atoms with Crippen LogP contribution in [0.2, 0.25) is 0 Å². The van der Waals surface area contributed by atoms with Gasteiger partial charge in [-0.15, -0.1) is 11.3 Å². The molecule has 0 spiro atoms. The molecule has 1 N–H and O–H groups in total. The average molecular weight is 261 g/mol. The van der Waals surface area contributed by atoms with Crippen LogP contribution in [0, 0.1) is 0 Å². The number of hydrogen-bond donors (Lipinski definition) is 1. The van der Waals surface area contributed by atoms with Gasteiger partial charge in [-0.25, -0.2) is 9.78 Å². The summed E-state index contributed by atoms with van der Waals surface area (Å²) in [4.78, 5) is 18.2. The van der Waals surface area contributed by atoms with Crippen molar-refractivity contribution in [3.63, 3.8) is 0 Å². The van der Waals surface area contributed by atoms with Gasteiger partial charge in [-0.05, 0) is 37.5 Å². The van der Waals surface area contributed by atoms with Crippen LogP contribution in [0.1, 0.15) is 19.3 Å². The first kappa shape index (κ1) is 11.5. The maximum Gasteiger partial charge on any atom is 0.321 e. The molecule has 0 radical (unpaired) electrons. The Bertz CT molecular complexity index is 560. The molecule has 0 unspecified atom stereocenters. The Balaban J connectivity index is 1.72. The summed E-state index contributed by atoms with van der Waals surface area (Å²) in [5, 5.41) is 2.96. The van der Waals surface area contributed by atoms with Gasteiger partial charge in [0.05, 0.1) is 15.7 Å². The van der Waals surface area contributed by atoms with E-state index in [1.54, 1.807) is 11.3 Å². The maximum atomic E-state index is 12.0. The molecule has 2 aromatic rings. The van der Waals surface area contributed by atoms with Crippen molar-refractivity contribution in [3.05, 3.63) is 23.7 Å². The number of fused-ring (bicyclic) bond motifs is 1. The van der Waals surface area contributed by atoms with Crippen LogP contribution in [0.3, 0.4) is 0 Å². The topological polar surface area (TPSA) is 45.2 Å². The Morgan fingerprint density at radius 2 is 2.11 bits per heavy atom. The first-order valence-corrected chi connectivity index (χ1v) is 7.10. The fourth-order valence-corrected chi connectivity index (χ4v) is 2.95. The van der Waals surface area contributed by atoms with Crippen LogP contribution in [-0.2, 0) is 0 Å². The Hall–Kier alpha value is -1.62. The molecule has 3 rings (SSSR count). The van der Waals surface area contributed by atoms with Crippen molar-refractivity contribution in [1.82, 2.24) is 9.88 Å². The van der Waals surface area contributed by atoms with Crippen molar-refractivity contribution in [3.8, 4) is 0 Å². The molecule has 1 fully saturated rings. The van der Waals surface area contributed by atoms with Gasteiger partial charge in [0.25, 0.3) is 0 Å². The van der Waals surface area contributed by atoms with Crippen LogP contribution in [-0.4, -0.2) is 29.0 Å². The molecule has 1 aliphatic rings. The van der Waals surface area contributed by atoms with Crippen molar-refractivity contribution in [2.45, 2.75) is 19.3 Å². The molecule has 1 aliphatic heterocycles. The van der Waals surface area contributed by atoms with Crippen molar-refractivity contribution >= 4 is 33.3 Å². The predicted molar refractivity (Wildman–Crippen MR) is 74.1 cm³/mol. The number of nitrogens with zero attached hydrogens (tertiary/aromatic N) is 2. The lowest BCUT2D eigenvalue weighted by molar-refractivity contribution is 0.200. The smallest absolute Gasteiger partial charge is 0.321 e. The molecule has 0 saturated carbocycles. The summed E-state index contributed by atoms with van der Waals surface area (Å²) in [6, 6.07) is 5.84. The molecule has 0 bridgehead atoms. The third-order valence-corrected chi connectivity index (χ3v) is 4.02. The predicted octanol–water partition coefficient (Wildman–Crippen LogP) is 3.31. The SMILES string of the molecule is O=C(Nc1ccc2ncsc2c1)N1CCCCC1. The highest BCUT2D eigenvalue weighted by Gasteiger charge is 2.16. The molecule has 1 saturated heterocycles. The van der Waals surface area contributed by atoms with Crippen LogP contribution in [0.15, 0.2) is 23.7 Å². The van der Waals surface area contributed by atoms with Gasteiger partial charge in [0.2, 0.25) is 0 Å². The minimum atomic E-state index is 0.0126. The molecule has 0 atom stereocenters. The van der Waals surface area contributed by atoms with E-state index in [4.69, 9.17) is 0 Å². The monoisotopic (exact) mass is 261 g/mol. The lowest BCUT2D eigenvalue weighted by Crippen LogP contribution is -2.38. The van der Waals surface area contributed by atoms with Gasteiger partial charge < -0.3 is 10.2 Å². The Morgan fingerprint density at radius 3 is 2.94 bits per heavy atom. The summed E-state index contributed by atoms with van der Waals surface area (Å²) in [5.74, 6) is 0. The zero-order valence-corrected chi connectivity index (χ0v) is 10.9. The fourth-order valence-electron chi connectivity index (χ4n) is 2.23. The van der Waals surface area contributed by atoms with E-state index in [1.807, 2.05) is 28.6 Å². The number of likely N-dealkylation sites (tertiary alicyclic amines) is 1. The molecule has 2 amide bonds. The van der Waals surface area contributed by atoms with E-state index >= 15 is 0 Å². The molecule has 1 aromatic carbocycles. The quantitative estimate of drug-likeness (QED) is 0.856. The van der Waals surface area contributed by atoms with Crippen molar-refractivity contribution in [2.24, 2.45) is 0 Å². The van der Waals surface area contributed by atoms with E-state index in [1.165, 1.54) is 6.42 Å². The van der Waals surface area contributed by atoms with E-state index in [-0.39, 0.29) is 6.03 Å². The van der Waals surface area contributed by atoms with E-state index in [9.17, 15) is 4.79 Å². The van der Waals surface area contributed by atoms with Crippen LogP contribution < -0.4 is 5.32 Å². The Morgan fingerprint density at radius 1 is 1.28 bits per heavy atom. The van der Waals surface area contributed by atoms with E-state index in [0.717, 1.165) is 41.8 Å². The second-order valence-electron chi connectivity index (χ2n) is 4.51. The second-order valence-corrected chi connectivity index (χ2v) is 5.40. The first-order chi connectivity index (χ1) is 8.83. The Kier molecular flexibility index (Phi) is 3.15. The molecule has 2 heterocycles. The minimum Gasteiger partial charge on any atom is -0.325 e. The van der Waals surface area contributed by atoms with Gasteiger partial charge in [0.15, 0.2) is 0 Å². The standard InChI is InChI=1S/C13H15N3OS/c17-13(16-6-2-1-3-7-16)15-10-4-5-11-12(8-10)18-9-14-11/h4-5,8-9H,1-3,6-7H2,(H,15,17). The van der Waals surface area contributed by atoms with Gasteiger partial charge in [-0.2, -0.15) is 0 Å². The number of carbonyl (C=O) groups is 1. The molecule has 1 aromatic heterocycles. The molecular weight excluding hydrogens is 246 g/mol. The number of amides is 2. The van der Waals surface area contributed by atoms with Gasteiger partial charge in [0, 0.05) is 18.8 Å². The van der Waals surface area contributed by atoms with Gasteiger partial charge in [-0.3, -0.25) is 0 Å². The number of thiazole rings is 1. The van der Waals surface area contributed by atoms with Crippen LogP contribution in [0.5, 0.6) is 0 Å². The van der Waals surface area contributed by atoms with Crippen molar-refractivity contribution in [2.75, 3.05) is 18.4 Å². The minimum absolute atomic E-state index is 0.0126. The summed E-state index contributed by atoms with van der Waals surface area (Å²) in [6.45, 7) is 1.74. The van der Waals surface area contributed by atoms with Crippen LogP contribution >= 0.6 is 11.3 Å². The zero-order valence-electron chi connectivity index (χ0n) is 10.1. The third kappa shape index (κ3) is 2.31. The fraction of sp³-hybridized carbons (Fsp3) is 0.385. The number of piperidine rings is 1. The second kappa shape index (κ2) is 4.94. The highest BCUT2D eigenvalue weighted by molar-refractivity contribution is 7.16. The number of anilines is 1. The number of benzene rings is 1. The van der Waals surface area contributed by atoms with E-state index < -0.39 is 0 Å². The third-order valence-electron chi connectivity index (χ3n) is 3.23.